The Morgan fingerprint density at radius 1 is 1.25 bits per heavy atom. The highest BCUT2D eigenvalue weighted by atomic mass is 35.5. The van der Waals surface area contributed by atoms with Crippen LogP contribution in [0.1, 0.15) is 17.5 Å². The fourth-order valence-electron chi connectivity index (χ4n) is 3.19. The van der Waals surface area contributed by atoms with E-state index in [0.717, 1.165) is 10.9 Å². The number of halogens is 2. The molecule has 0 aliphatic rings. The van der Waals surface area contributed by atoms with Gasteiger partial charge in [0.05, 0.1) is 12.1 Å². The number of aliphatic hydroxyl groups is 1. The number of hydrogen-bond acceptors (Lipinski definition) is 6. The van der Waals surface area contributed by atoms with E-state index in [9.17, 15) is 14.7 Å². The van der Waals surface area contributed by atoms with E-state index in [1.807, 2.05) is 13.0 Å². The molecule has 2 aromatic carbocycles. The number of rotatable bonds is 9. The van der Waals surface area contributed by atoms with Crippen molar-refractivity contribution in [1.29, 1.82) is 0 Å². The second-order valence-corrected chi connectivity index (χ2v) is 7.96. The molecule has 2 N–H and O–H groups in total. The third kappa shape index (κ3) is 5.73. The van der Waals surface area contributed by atoms with Gasteiger partial charge >= 0.3 is 5.63 Å². The van der Waals surface area contributed by atoms with Gasteiger partial charge in [0.25, 0.3) is 0 Å². The molecule has 1 unspecified atom stereocenters. The predicted molar refractivity (Wildman–Crippen MR) is 123 cm³/mol. The lowest BCUT2D eigenvalue weighted by Crippen LogP contribution is -2.35. The van der Waals surface area contributed by atoms with Crippen molar-refractivity contribution in [2.45, 2.75) is 25.9 Å². The summed E-state index contributed by atoms with van der Waals surface area (Å²) in [6.45, 7) is 1.74. The lowest BCUT2D eigenvalue weighted by Gasteiger charge is -2.14. The molecule has 170 valence electrons. The van der Waals surface area contributed by atoms with Crippen LogP contribution < -0.4 is 20.4 Å². The summed E-state index contributed by atoms with van der Waals surface area (Å²) in [5.74, 6) is 0.631. The lowest BCUT2D eigenvalue weighted by atomic mass is 10.0. The highest BCUT2D eigenvalue weighted by Gasteiger charge is 2.15. The number of aryl methyl sites for hydroxylation is 1. The number of ether oxygens (including phenoxy) is 2. The second-order valence-electron chi connectivity index (χ2n) is 7.18. The van der Waals surface area contributed by atoms with E-state index >= 15 is 0 Å². The molecule has 7 nitrogen and oxygen atoms in total. The minimum absolute atomic E-state index is 0.0118. The van der Waals surface area contributed by atoms with Crippen molar-refractivity contribution in [3.8, 4) is 11.5 Å². The largest absolute Gasteiger partial charge is 0.497 e. The first-order valence-corrected chi connectivity index (χ1v) is 10.7. The van der Waals surface area contributed by atoms with Gasteiger partial charge in [0.15, 0.2) is 0 Å². The average Bonchev–Trinajstić information content (AvgIpc) is 2.78. The Labute approximate surface area is 194 Å². The molecule has 0 spiro atoms. The van der Waals surface area contributed by atoms with Crippen LogP contribution in [0.4, 0.5) is 0 Å². The van der Waals surface area contributed by atoms with Gasteiger partial charge in [-0.3, -0.25) is 4.79 Å². The molecular weight excluding hydrogens is 457 g/mol. The van der Waals surface area contributed by atoms with Gasteiger partial charge in [-0.1, -0.05) is 29.3 Å². The predicted octanol–water partition coefficient (Wildman–Crippen LogP) is 3.91. The summed E-state index contributed by atoms with van der Waals surface area (Å²) in [6, 6.07) is 10.2. The second kappa shape index (κ2) is 10.7. The Kier molecular flexibility index (Phi) is 8.01. The molecule has 3 aromatic rings. The highest BCUT2D eigenvalue weighted by molar-refractivity contribution is 6.42. The van der Waals surface area contributed by atoms with Gasteiger partial charge in [-0.05, 0) is 43.2 Å². The molecule has 0 radical (unpaired) electrons. The van der Waals surface area contributed by atoms with Crippen molar-refractivity contribution in [3.05, 3.63) is 68.0 Å². The van der Waals surface area contributed by atoms with E-state index < -0.39 is 11.7 Å². The molecule has 1 aromatic heterocycles. The zero-order valence-corrected chi connectivity index (χ0v) is 19.1. The molecule has 1 atom stereocenters. The van der Waals surface area contributed by atoms with Crippen LogP contribution in [0.15, 0.2) is 45.6 Å². The van der Waals surface area contributed by atoms with Crippen LogP contribution in [-0.2, 0) is 11.2 Å². The van der Waals surface area contributed by atoms with E-state index in [-0.39, 0.29) is 36.9 Å². The van der Waals surface area contributed by atoms with Crippen molar-refractivity contribution >= 4 is 40.1 Å². The zero-order valence-electron chi connectivity index (χ0n) is 17.6. The van der Waals surface area contributed by atoms with E-state index in [0.29, 0.717) is 27.7 Å². The van der Waals surface area contributed by atoms with Crippen molar-refractivity contribution in [2.75, 3.05) is 20.3 Å². The molecule has 0 saturated heterocycles. The van der Waals surface area contributed by atoms with Gasteiger partial charge in [-0.2, -0.15) is 0 Å². The fourth-order valence-corrected chi connectivity index (χ4v) is 3.54. The van der Waals surface area contributed by atoms with Crippen LogP contribution in [0.5, 0.6) is 11.5 Å². The van der Waals surface area contributed by atoms with Crippen LogP contribution in [0.3, 0.4) is 0 Å². The van der Waals surface area contributed by atoms with Crippen molar-refractivity contribution in [2.24, 2.45) is 0 Å². The Morgan fingerprint density at radius 2 is 2.03 bits per heavy atom. The Bertz CT molecular complexity index is 1180. The maximum atomic E-state index is 12.4. The van der Waals surface area contributed by atoms with Gasteiger partial charge in [-0.25, -0.2) is 4.79 Å². The number of benzene rings is 2. The van der Waals surface area contributed by atoms with Crippen molar-refractivity contribution in [1.82, 2.24) is 5.32 Å². The molecule has 0 fully saturated rings. The molecule has 32 heavy (non-hydrogen) atoms. The maximum Gasteiger partial charge on any atom is 0.339 e. The maximum absolute atomic E-state index is 12.4. The molecular formula is C23H23Cl2NO6. The molecule has 0 bridgehead atoms. The molecule has 0 aliphatic heterocycles. The summed E-state index contributed by atoms with van der Waals surface area (Å²) >= 11 is 12.0. The Balaban J connectivity index is 1.53. The first kappa shape index (κ1) is 23.9. The van der Waals surface area contributed by atoms with Gasteiger partial charge in [0.2, 0.25) is 5.91 Å². The quantitative estimate of drug-likeness (QED) is 0.451. The molecule has 0 saturated carbocycles. The third-order valence-electron chi connectivity index (χ3n) is 4.98. The summed E-state index contributed by atoms with van der Waals surface area (Å²) in [5.41, 5.74) is 1.15. The third-order valence-corrected chi connectivity index (χ3v) is 5.78. The van der Waals surface area contributed by atoms with Gasteiger partial charge in [0.1, 0.15) is 34.8 Å². The summed E-state index contributed by atoms with van der Waals surface area (Å²) in [7, 11) is 1.54. The van der Waals surface area contributed by atoms with Crippen LogP contribution in [-0.4, -0.2) is 37.4 Å². The molecule has 0 aliphatic carbocycles. The van der Waals surface area contributed by atoms with Crippen LogP contribution in [0, 0.1) is 6.92 Å². The first-order chi connectivity index (χ1) is 15.3. The van der Waals surface area contributed by atoms with Gasteiger partial charge in [0, 0.05) is 30.0 Å². The zero-order chi connectivity index (χ0) is 23.3. The average molecular weight is 480 g/mol. The molecule has 9 heteroatoms. The SMILES string of the molecule is COc1ccc2c(C)c(CCC(=O)NCC(O)COc3cccc(Cl)c3Cl)c(=O)oc2c1. The summed E-state index contributed by atoms with van der Waals surface area (Å²) in [4.78, 5) is 24.6. The molecule has 1 heterocycles. The number of amides is 1. The number of carbonyl (C=O) groups is 1. The summed E-state index contributed by atoms with van der Waals surface area (Å²) < 4.78 is 16.0. The lowest BCUT2D eigenvalue weighted by molar-refractivity contribution is -0.121. The van der Waals surface area contributed by atoms with Crippen molar-refractivity contribution in [3.63, 3.8) is 0 Å². The minimum Gasteiger partial charge on any atom is -0.497 e. The first-order valence-electron chi connectivity index (χ1n) is 9.92. The van der Waals surface area contributed by atoms with Gasteiger partial charge < -0.3 is 24.3 Å². The van der Waals surface area contributed by atoms with E-state index in [2.05, 4.69) is 5.32 Å². The number of fused-ring (bicyclic) bond motifs is 1. The summed E-state index contributed by atoms with van der Waals surface area (Å²) in [5, 5.41) is 14.1. The van der Waals surface area contributed by atoms with Crippen LogP contribution in [0.25, 0.3) is 11.0 Å². The normalized spacial score (nSPS) is 11.9. The van der Waals surface area contributed by atoms with E-state index in [4.69, 9.17) is 37.1 Å². The Morgan fingerprint density at radius 3 is 2.78 bits per heavy atom. The monoisotopic (exact) mass is 479 g/mol. The van der Waals surface area contributed by atoms with E-state index in [1.54, 1.807) is 30.3 Å². The number of nitrogens with one attached hydrogen (secondary N) is 1. The molecule has 1 amide bonds. The van der Waals surface area contributed by atoms with E-state index in [1.165, 1.54) is 7.11 Å². The number of aliphatic hydroxyl groups excluding tert-OH is 1. The van der Waals surface area contributed by atoms with Gasteiger partial charge in [-0.15, -0.1) is 0 Å². The number of methoxy groups -OCH3 is 1. The fraction of sp³-hybridized carbons (Fsp3) is 0.304. The smallest absolute Gasteiger partial charge is 0.339 e. The Hall–Kier alpha value is -2.74. The van der Waals surface area contributed by atoms with Crippen LogP contribution in [0.2, 0.25) is 10.0 Å². The van der Waals surface area contributed by atoms with Crippen molar-refractivity contribution < 1.29 is 23.8 Å². The number of carbonyl (C=O) groups excluding carboxylic acids is 1. The highest BCUT2D eigenvalue weighted by Crippen LogP contribution is 2.31. The summed E-state index contributed by atoms with van der Waals surface area (Å²) in [6.07, 6.45) is -0.662. The topological polar surface area (TPSA) is 98.0 Å². The minimum atomic E-state index is -0.948. The number of hydrogen-bond donors (Lipinski definition) is 2. The molecule has 3 rings (SSSR count). The standard InChI is InChI=1S/C23H23Cl2NO6/c1-13-16-7-6-15(30-2)10-20(16)32-23(29)17(13)8-9-21(28)26-11-14(27)12-31-19-5-3-4-18(24)22(19)25/h3-7,10,14,27H,8-9,11-12H2,1-2H3,(H,26,28). The van der Waals surface area contributed by atoms with Crippen LogP contribution >= 0.6 is 23.2 Å².